The molecule has 5 nitrogen and oxygen atoms in total. The quantitative estimate of drug-likeness (QED) is 0.728. The highest BCUT2D eigenvalue weighted by atomic mass is 16.1. The van der Waals surface area contributed by atoms with Crippen molar-refractivity contribution in [3.63, 3.8) is 0 Å². The molecule has 0 atom stereocenters. The van der Waals surface area contributed by atoms with E-state index in [0.29, 0.717) is 5.56 Å². The third kappa shape index (κ3) is 4.03. The second-order valence-electron chi connectivity index (χ2n) is 4.45. The first-order chi connectivity index (χ1) is 7.90. The van der Waals surface area contributed by atoms with Crippen LogP contribution in [0.2, 0.25) is 0 Å². The van der Waals surface area contributed by atoms with E-state index in [0.717, 1.165) is 0 Å². The van der Waals surface area contributed by atoms with E-state index < -0.39 is 5.91 Å². The molecule has 0 aromatic carbocycles. The van der Waals surface area contributed by atoms with Crippen molar-refractivity contribution in [1.29, 1.82) is 0 Å². The van der Waals surface area contributed by atoms with Crippen LogP contribution < -0.4 is 5.73 Å². The SMILES string of the molecule is CC(C)N(CC(N)=O)CC(=O)c1ccn(C)c1. The zero-order chi connectivity index (χ0) is 13.0. The van der Waals surface area contributed by atoms with Gasteiger partial charge in [-0.1, -0.05) is 0 Å². The van der Waals surface area contributed by atoms with E-state index in [1.54, 1.807) is 17.2 Å². The Morgan fingerprint density at radius 1 is 1.41 bits per heavy atom. The zero-order valence-electron chi connectivity index (χ0n) is 10.5. The first kappa shape index (κ1) is 13.4. The fourth-order valence-corrected chi connectivity index (χ4v) is 1.57. The molecule has 1 amide bonds. The van der Waals surface area contributed by atoms with Crippen LogP contribution in [0.4, 0.5) is 0 Å². The van der Waals surface area contributed by atoms with Crippen LogP contribution in [0.25, 0.3) is 0 Å². The van der Waals surface area contributed by atoms with Crippen molar-refractivity contribution < 1.29 is 9.59 Å². The maximum atomic E-state index is 11.9. The number of nitrogens with two attached hydrogens (primary N) is 1. The third-order valence-electron chi connectivity index (χ3n) is 2.59. The van der Waals surface area contributed by atoms with Gasteiger partial charge in [-0.3, -0.25) is 14.5 Å². The summed E-state index contributed by atoms with van der Waals surface area (Å²) in [5.74, 6) is -0.417. The number of aryl methyl sites for hydroxylation is 1. The van der Waals surface area contributed by atoms with E-state index in [4.69, 9.17) is 5.73 Å². The molecule has 5 heteroatoms. The largest absolute Gasteiger partial charge is 0.369 e. The average Bonchev–Trinajstić information content (AvgIpc) is 2.63. The predicted molar refractivity (Wildman–Crippen MR) is 65.6 cm³/mol. The summed E-state index contributed by atoms with van der Waals surface area (Å²) >= 11 is 0. The summed E-state index contributed by atoms with van der Waals surface area (Å²) in [5, 5.41) is 0. The summed E-state index contributed by atoms with van der Waals surface area (Å²) < 4.78 is 1.82. The molecule has 1 aromatic heterocycles. The second-order valence-corrected chi connectivity index (χ2v) is 4.45. The highest BCUT2D eigenvalue weighted by Crippen LogP contribution is 2.05. The van der Waals surface area contributed by atoms with Crippen molar-refractivity contribution in [3.8, 4) is 0 Å². The van der Waals surface area contributed by atoms with Crippen molar-refractivity contribution in [3.05, 3.63) is 24.0 Å². The molecule has 0 saturated carbocycles. The lowest BCUT2D eigenvalue weighted by Gasteiger charge is -2.23. The summed E-state index contributed by atoms with van der Waals surface area (Å²) in [4.78, 5) is 24.6. The average molecular weight is 237 g/mol. The second kappa shape index (κ2) is 5.63. The molecule has 0 aliphatic rings. The molecule has 1 rings (SSSR count). The van der Waals surface area contributed by atoms with Crippen molar-refractivity contribution in [2.24, 2.45) is 12.8 Å². The smallest absolute Gasteiger partial charge is 0.231 e. The van der Waals surface area contributed by atoms with Crippen molar-refractivity contribution in [1.82, 2.24) is 9.47 Å². The maximum Gasteiger partial charge on any atom is 0.231 e. The Hall–Kier alpha value is -1.62. The lowest BCUT2D eigenvalue weighted by Crippen LogP contribution is -2.41. The molecule has 0 aliphatic heterocycles. The van der Waals surface area contributed by atoms with Gasteiger partial charge in [0.1, 0.15) is 0 Å². The lowest BCUT2D eigenvalue weighted by atomic mass is 10.2. The van der Waals surface area contributed by atoms with Gasteiger partial charge in [0.15, 0.2) is 5.78 Å². The lowest BCUT2D eigenvalue weighted by molar-refractivity contribution is -0.119. The first-order valence-corrected chi connectivity index (χ1v) is 5.57. The number of ketones is 1. The molecular formula is C12H19N3O2. The Labute approximate surface area is 101 Å². The van der Waals surface area contributed by atoms with Crippen LogP contribution in [0.5, 0.6) is 0 Å². The van der Waals surface area contributed by atoms with Crippen LogP contribution in [0, 0.1) is 0 Å². The number of rotatable bonds is 6. The van der Waals surface area contributed by atoms with Gasteiger partial charge in [-0.25, -0.2) is 0 Å². The van der Waals surface area contributed by atoms with Crippen molar-refractivity contribution in [2.75, 3.05) is 13.1 Å². The van der Waals surface area contributed by atoms with Gasteiger partial charge in [-0.2, -0.15) is 0 Å². The van der Waals surface area contributed by atoms with Gasteiger partial charge < -0.3 is 10.3 Å². The van der Waals surface area contributed by atoms with E-state index in [1.807, 2.05) is 31.7 Å². The van der Waals surface area contributed by atoms with Gasteiger partial charge >= 0.3 is 0 Å². The molecule has 0 fully saturated rings. The van der Waals surface area contributed by atoms with Crippen LogP contribution in [0.1, 0.15) is 24.2 Å². The number of nitrogens with zero attached hydrogens (tertiary/aromatic N) is 2. The molecule has 1 heterocycles. The summed E-state index contributed by atoms with van der Waals surface area (Å²) in [7, 11) is 1.86. The van der Waals surface area contributed by atoms with Gasteiger partial charge in [-0.15, -0.1) is 0 Å². The zero-order valence-corrected chi connectivity index (χ0v) is 10.5. The van der Waals surface area contributed by atoms with Gasteiger partial charge in [0.05, 0.1) is 13.1 Å². The monoisotopic (exact) mass is 237 g/mol. The molecule has 0 bridgehead atoms. The minimum absolute atomic E-state index is 0.000509. The van der Waals surface area contributed by atoms with E-state index >= 15 is 0 Å². The Balaban J connectivity index is 2.67. The molecule has 1 aromatic rings. The molecular weight excluding hydrogens is 218 g/mol. The van der Waals surface area contributed by atoms with Crippen LogP contribution in [0.15, 0.2) is 18.5 Å². The van der Waals surface area contributed by atoms with Gasteiger partial charge in [0.25, 0.3) is 0 Å². The van der Waals surface area contributed by atoms with Crippen LogP contribution in [0.3, 0.4) is 0 Å². The predicted octanol–water partition coefficient (Wildman–Crippen LogP) is 0.403. The van der Waals surface area contributed by atoms with E-state index in [-0.39, 0.29) is 24.9 Å². The number of aromatic nitrogens is 1. The van der Waals surface area contributed by atoms with Gasteiger partial charge in [0.2, 0.25) is 5.91 Å². The Morgan fingerprint density at radius 2 is 2.06 bits per heavy atom. The molecule has 0 aliphatic carbocycles. The Morgan fingerprint density at radius 3 is 2.47 bits per heavy atom. The molecule has 94 valence electrons. The van der Waals surface area contributed by atoms with E-state index in [2.05, 4.69) is 0 Å². The summed E-state index contributed by atoms with van der Waals surface area (Å²) in [6.07, 6.45) is 3.59. The van der Waals surface area contributed by atoms with Crippen LogP contribution in [-0.4, -0.2) is 40.3 Å². The highest BCUT2D eigenvalue weighted by molar-refractivity contribution is 5.97. The maximum absolute atomic E-state index is 11.9. The topological polar surface area (TPSA) is 68.3 Å². The number of Topliss-reactive ketones (excluding diaryl/α,β-unsaturated/α-hetero) is 1. The van der Waals surface area contributed by atoms with Crippen LogP contribution in [-0.2, 0) is 11.8 Å². The highest BCUT2D eigenvalue weighted by Gasteiger charge is 2.17. The fourth-order valence-electron chi connectivity index (χ4n) is 1.57. The van der Waals surface area contributed by atoms with Crippen molar-refractivity contribution in [2.45, 2.75) is 19.9 Å². The first-order valence-electron chi connectivity index (χ1n) is 5.57. The molecule has 0 saturated heterocycles. The third-order valence-corrected chi connectivity index (χ3v) is 2.59. The molecule has 0 spiro atoms. The number of carbonyl (C=O) groups excluding carboxylic acids is 2. The standard InChI is InChI=1S/C12H19N3O2/c1-9(2)15(8-12(13)17)7-11(16)10-4-5-14(3)6-10/h4-6,9H,7-8H2,1-3H3,(H2,13,17). The minimum atomic E-state index is -0.417. The Bertz CT molecular complexity index is 410. The number of hydrogen-bond donors (Lipinski definition) is 1. The molecule has 0 radical (unpaired) electrons. The van der Waals surface area contributed by atoms with E-state index in [9.17, 15) is 9.59 Å². The minimum Gasteiger partial charge on any atom is -0.369 e. The number of primary amides is 1. The number of carbonyl (C=O) groups is 2. The summed E-state index contributed by atoms with van der Waals surface area (Å²) in [6, 6.07) is 1.88. The summed E-state index contributed by atoms with van der Waals surface area (Å²) in [5.41, 5.74) is 5.81. The fraction of sp³-hybridized carbons (Fsp3) is 0.500. The van der Waals surface area contributed by atoms with Gasteiger partial charge in [0, 0.05) is 31.0 Å². The van der Waals surface area contributed by atoms with Crippen molar-refractivity contribution >= 4 is 11.7 Å². The number of amides is 1. The summed E-state index contributed by atoms with van der Waals surface area (Å²) in [6.45, 7) is 4.18. The molecule has 0 unspecified atom stereocenters. The Kier molecular flexibility index (Phi) is 4.45. The van der Waals surface area contributed by atoms with Crippen LogP contribution >= 0.6 is 0 Å². The molecule has 17 heavy (non-hydrogen) atoms. The van der Waals surface area contributed by atoms with E-state index in [1.165, 1.54) is 0 Å². The molecule has 2 N–H and O–H groups in total. The normalized spacial score (nSPS) is 11.1. The van der Waals surface area contributed by atoms with Gasteiger partial charge in [-0.05, 0) is 19.9 Å². The number of hydrogen-bond acceptors (Lipinski definition) is 3.